The van der Waals surface area contributed by atoms with E-state index in [4.69, 9.17) is 9.47 Å². The summed E-state index contributed by atoms with van der Waals surface area (Å²) in [5.74, 6) is 0.0392. The molecule has 0 aliphatic heterocycles. The molecule has 2 rings (SSSR count). The van der Waals surface area contributed by atoms with Crippen LogP contribution in [0.2, 0.25) is 0 Å². The van der Waals surface area contributed by atoms with Gasteiger partial charge in [-0.3, -0.25) is 9.48 Å². The summed E-state index contributed by atoms with van der Waals surface area (Å²) < 4.78 is 13.3. The van der Waals surface area contributed by atoms with Crippen LogP contribution in [0.5, 0.6) is 0 Å². The molecule has 0 unspecified atom stereocenters. The molecule has 0 spiro atoms. The monoisotopic (exact) mass is 344 g/mol. The fourth-order valence-electron chi connectivity index (χ4n) is 2.81. The predicted octanol–water partition coefficient (Wildman–Crippen LogP) is 2.82. The van der Waals surface area contributed by atoms with Gasteiger partial charge in [0.1, 0.15) is 11.3 Å². The van der Waals surface area contributed by atoms with E-state index in [1.807, 2.05) is 6.92 Å². The molecule has 1 aliphatic rings. The van der Waals surface area contributed by atoms with Gasteiger partial charge in [-0.2, -0.15) is 5.10 Å². The van der Waals surface area contributed by atoms with Crippen molar-refractivity contribution in [1.29, 1.82) is 0 Å². The molecule has 0 bridgehead atoms. The SMILES string of the molecule is CCOC1(C(=O)c2c(Br)cnn2CCOC)CCCC1. The molecule has 1 aromatic heterocycles. The average Bonchev–Trinajstić information content (AvgIpc) is 3.04. The van der Waals surface area contributed by atoms with Gasteiger partial charge >= 0.3 is 0 Å². The molecule has 1 fully saturated rings. The summed E-state index contributed by atoms with van der Waals surface area (Å²) in [5, 5.41) is 4.25. The van der Waals surface area contributed by atoms with Crippen LogP contribution in [0.4, 0.5) is 0 Å². The second kappa shape index (κ2) is 6.83. The summed E-state index contributed by atoms with van der Waals surface area (Å²) in [6.07, 6.45) is 5.33. The minimum Gasteiger partial charge on any atom is -0.383 e. The number of ketones is 1. The Bertz CT molecular complexity index is 467. The fourth-order valence-corrected chi connectivity index (χ4v) is 3.29. The molecule has 112 valence electrons. The zero-order valence-corrected chi connectivity index (χ0v) is 13.6. The molecule has 0 atom stereocenters. The van der Waals surface area contributed by atoms with Gasteiger partial charge in [-0.1, -0.05) is 0 Å². The highest BCUT2D eigenvalue weighted by Gasteiger charge is 2.44. The standard InChI is InChI=1S/C14H21BrN2O3/c1-3-20-14(6-4-5-7-14)13(18)12-11(15)10-16-17(12)8-9-19-2/h10H,3-9H2,1-2H3. The van der Waals surface area contributed by atoms with Crippen LogP contribution in [0.3, 0.4) is 0 Å². The molecule has 0 radical (unpaired) electrons. The van der Waals surface area contributed by atoms with E-state index in [9.17, 15) is 4.79 Å². The number of hydrogen-bond donors (Lipinski definition) is 0. The van der Waals surface area contributed by atoms with Gasteiger partial charge in [-0.05, 0) is 48.5 Å². The lowest BCUT2D eigenvalue weighted by Gasteiger charge is -2.27. The van der Waals surface area contributed by atoms with E-state index in [1.54, 1.807) is 18.0 Å². The number of halogens is 1. The van der Waals surface area contributed by atoms with Crippen LogP contribution in [-0.2, 0) is 16.0 Å². The molecule has 6 heteroatoms. The lowest BCUT2D eigenvalue weighted by molar-refractivity contribution is -0.0172. The second-order valence-corrected chi connectivity index (χ2v) is 5.87. The first-order valence-electron chi connectivity index (χ1n) is 7.03. The zero-order chi connectivity index (χ0) is 14.6. The fraction of sp³-hybridized carbons (Fsp3) is 0.714. The molecule has 1 heterocycles. The Kier molecular flexibility index (Phi) is 5.35. The summed E-state index contributed by atoms with van der Waals surface area (Å²) >= 11 is 3.43. The first-order chi connectivity index (χ1) is 9.64. The van der Waals surface area contributed by atoms with Gasteiger partial charge in [0.05, 0.1) is 23.8 Å². The number of rotatable bonds is 7. The van der Waals surface area contributed by atoms with Crippen molar-refractivity contribution in [2.45, 2.75) is 44.8 Å². The lowest BCUT2D eigenvalue weighted by atomic mass is 9.93. The van der Waals surface area contributed by atoms with Crippen molar-refractivity contribution in [2.24, 2.45) is 0 Å². The number of carbonyl (C=O) groups is 1. The smallest absolute Gasteiger partial charge is 0.213 e. The van der Waals surface area contributed by atoms with Crippen LogP contribution in [0.25, 0.3) is 0 Å². The Labute approximate surface area is 127 Å². The Balaban J connectivity index is 2.29. The van der Waals surface area contributed by atoms with Crippen molar-refractivity contribution in [2.75, 3.05) is 20.3 Å². The van der Waals surface area contributed by atoms with Gasteiger partial charge < -0.3 is 9.47 Å². The van der Waals surface area contributed by atoms with Crippen LogP contribution < -0.4 is 0 Å². The minimum absolute atomic E-state index is 0.0392. The maximum atomic E-state index is 13.0. The predicted molar refractivity (Wildman–Crippen MR) is 79.0 cm³/mol. The Morgan fingerprint density at radius 3 is 2.80 bits per heavy atom. The lowest BCUT2D eigenvalue weighted by Crippen LogP contribution is -2.40. The highest BCUT2D eigenvalue weighted by atomic mass is 79.9. The third kappa shape index (κ3) is 2.97. The molecule has 0 saturated heterocycles. The maximum absolute atomic E-state index is 13.0. The van der Waals surface area contributed by atoms with Crippen molar-refractivity contribution in [3.8, 4) is 0 Å². The van der Waals surface area contributed by atoms with E-state index in [0.717, 1.165) is 30.2 Å². The molecule has 0 aromatic carbocycles. The van der Waals surface area contributed by atoms with E-state index in [1.165, 1.54) is 0 Å². The van der Waals surface area contributed by atoms with Gasteiger partial charge in [0, 0.05) is 13.7 Å². The van der Waals surface area contributed by atoms with Crippen molar-refractivity contribution >= 4 is 21.7 Å². The van der Waals surface area contributed by atoms with Crippen LogP contribution >= 0.6 is 15.9 Å². The number of hydrogen-bond acceptors (Lipinski definition) is 4. The second-order valence-electron chi connectivity index (χ2n) is 5.02. The number of Topliss-reactive ketones (excluding diaryl/α,β-unsaturated/α-hetero) is 1. The van der Waals surface area contributed by atoms with E-state index in [0.29, 0.717) is 25.5 Å². The topological polar surface area (TPSA) is 53.3 Å². The minimum atomic E-state index is -0.665. The number of methoxy groups -OCH3 is 1. The number of carbonyl (C=O) groups excluding carboxylic acids is 1. The molecular weight excluding hydrogens is 324 g/mol. The first-order valence-corrected chi connectivity index (χ1v) is 7.83. The maximum Gasteiger partial charge on any atom is 0.213 e. The Morgan fingerprint density at radius 1 is 1.50 bits per heavy atom. The quantitative estimate of drug-likeness (QED) is 0.713. The third-order valence-electron chi connectivity index (χ3n) is 3.76. The molecular formula is C14H21BrN2O3. The summed E-state index contributed by atoms with van der Waals surface area (Å²) in [4.78, 5) is 13.0. The van der Waals surface area contributed by atoms with E-state index in [-0.39, 0.29) is 5.78 Å². The van der Waals surface area contributed by atoms with Gasteiger partial charge in [-0.25, -0.2) is 0 Å². The van der Waals surface area contributed by atoms with Crippen LogP contribution in [-0.4, -0.2) is 41.5 Å². The Hall–Kier alpha value is -0.720. The Morgan fingerprint density at radius 2 is 2.20 bits per heavy atom. The number of aromatic nitrogens is 2. The van der Waals surface area contributed by atoms with Gasteiger partial charge in [-0.15, -0.1) is 0 Å². The molecule has 20 heavy (non-hydrogen) atoms. The molecule has 5 nitrogen and oxygen atoms in total. The molecule has 1 saturated carbocycles. The van der Waals surface area contributed by atoms with Gasteiger partial charge in [0.25, 0.3) is 0 Å². The van der Waals surface area contributed by atoms with Crippen molar-refractivity contribution in [3.05, 3.63) is 16.4 Å². The van der Waals surface area contributed by atoms with Crippen LogP contribution in [0.15, 0.2) is 10.7 Å². The van der Waals surface area contributed by atoms with E-state index >= 15 is 0 Å². The van der Waals surface area contributed by atoms with Gasteiger partial charge in [0.2, 0.25) is 5.78 Å². The number of ether oxygens (including phenoxy) is 2. The zero-order valence-electron chi connectivity index (χ0n) is 12.0. The molecule has 0 amide bonds. The first kappa shape index (κ1) is 15.7. The highest BCUT2D eigenvalue weighted by Crippen LogP contribution is 2.37. The summed E-state index contributed by atoms with van der Waals surface area (Å²) in [5.41, 5.74) is -0.0697. The molecule has 1 aromatic rings. The third-order valence-corrected chi connectivity index (χ3v) is 4.34. The highest BCUT2D eigenvalue weighted by molar-refractivity contribution is 9.10. The summed E-state index contributed by atoms with van der Waals surface area (Å²) in [6, 6.07) is 0. The van der Waals surface area contributed by atoms with Crippen molar-refractivity contribution in [3.63, 3.8) is 0 Å². The summed E-state index contributed by atoms with van der Waals surface area (Å²) in [7, 11) is 1.64. The average molecular weight is 345 g/mol. The van der Waals surface area contributed by atoms with Gasteiger partial charge in [0.15, 0.2) is 0 Å². The van der Waals surface area contributed by atoms with E-state index < -0.39 is 5.60 Å². The van der Waals surface area contributed by atoms with E-state index in [2.05, 4.69) is 21.0 Å². The molecule has 0 N–H and O–H groups in total. The number of nitrogens with zero attached hydrogens (tertiary/aromatic N) is 2. The van der Waals surface area contributed by atoms with Crippen molar-refractivity contribution in [1.82, 2.24) is 9.78 Å². The van der Waals surface area contributed by atoms with Crippen LogP contribution in [0, 0.1) is 0 Å². The largest absolute Gasteiger partial charge is 0.383 e. The van der Waals surface area contributed by atoms with Crippen LogP contribution in [0.1, 0.15) is 43.1 Å². The normalized spacial score (nSPS) is 17.6. The summed E-state index contributed by atoms with van der Waals surface area (Å²) in [6.45, 7) is 3.57. The van der Waals surface area contributed by atoms with Crippen molar-refractivity contribution < 1.29 is 14.3 Å². The molecule has 1 aliphatic carbocycles.